The molecule has 3 rings (SSSR count). The van der Waals surface area contributed by atoms with Crippen LogP contribution in [0.15, 0.2) is 42.5 Å². The zero-order valence-corrected chi connectivity index (χ0v) is 20.5. The average molecular weight is 458 g/mol. The first kappa shape index (κ1) is 25.4. The van der Waals surface area contributed by atoms with Crippen LogP contribution in [0, 0.1) is 11.3 Å². The Kier molecular flexibility index (Phi) is 8.68. The molecule has 2 fully saturated rings. The van der Waals surface area contributed by atoms with Crippen LogP contribution in [-0.2, 0) is 19.1 Å². The molecule has 1 aromatic rings. The topological polar surface area (TPSA) is 71.1 Å². The van der Waals surface area contributed by atoms with Crippen molar-refractivity contribution in [2.45, 2.75) is 45.8 Å². The highest BCUT2D eigenvalue weighted by atomic mass is 16.5. The van der Waals surface area contributed by atoms with E-state index in [2.05, 4.69) is 47.7 Å². The van der Waals surface area contributed by atoms with Crippen LogP contribution in [0.3, 0.4) is 0 Å². The Balaban J connectivity index is 1.56. The predicted molar refractivity (Wildman–Crippen MR) is 130 cm³/mol. The summed E-state index contributed by atoms with van der Waals surface area (Å²) in [5.74, 6) is -0.424. The number of ketones is 1. The molecular weight excluding hydrogens is 418 g/mol. The summed E-state index contributed by atoms with van der Waals surface area (Å²) in [5, 5.41) is 3.46. The third-order valence-corrected chi connectivity index (χ3v) is 6.87. The van der Waals surface area contributed by atoms with E-state index in [1.54, 1.807) is 6.92 Å². The van der Waals surface area contributed by atoms with E-state index in [4.69, 9.17) is 9.47 Å². The molecule has 0 aromatic heterocycles. The Morgan fingerprint density at radius 3 is 2.45 bits per heavy atom. The first-order valence-corrected chi connectivity index (χ1v) is 12.0. The van der Waals surface area contributed by atoms with Crippen molar-refractivity contribution >= 4 is 17.4 Å². The Morgan fingerprint density at radius 1 is 1.21 bits per heavy atom. The van der Waals surface area contributed by atoms with E-state index in [0.717, 1.165) is 45.1 Å². The molecule has 0 radical (unpaired) electrons. The smallest absolute Gasteiger partial charge is 0.322 e. The molecule has 3 atom stereocenters. The molecule has 2 heterocycles. The summed E-state index contributed by atoms with van der Waals surface area (Å²) in [6.45, 7) is 15.2. The van der Waals surface area contributed by atoms with Gasteiger partial charge in [0, 0.05) is 44.0 Å². The van der Waals surface area contributed by atoms with Crippen LogP contribution in [0.1, 0.15) is 33.6 Å². The minimum Gasteiger partial charge on any atom is -0.468 e. The number of para-hydroxylation sites is 1. The van der Waals surface area contributed by atoms with Gasteiger partial charge in [0.15, 0.2) is 11.2 Å². The second-order valence-electron chi connectivity index (χ2n) is 9.74. The number of carbonyl (C=O) groups is 2. The summed E-state index contributed by atoms with van der Waals surface area (Å²) >= 11 is 0. The highest BCUT2D eigenvalue weighted by Crippen LogP contribution is 2.40. The SMILES string of the molecule is C=C1C(=O)[C@](C)(C(=O)OC)[C@@H](CCN2CCN(CNc3ccccc3)CC2)O[C@H]1CC(C)C. The van der Waals surface area contributed by atoms with Crippen molar-refractivity contribution in [3.63, 3.8) is 0 Å². The lowest BCUT2D eigenvalue weighted by Crippen LogP contribution is -2.57. The van der Waals surface area contributed by atoms with Gasteiger partial charge in [-0.1, -0.05) is 38.6 Å². The number of methoxy groups -OCH3 is 1. The molecule has 0 aliphatic carbocycles. The number of carbonyl (C=O) groups excluding carboxylic acids is 2. The fraction of sp³-hybridized carbons (Fsp3) is 0.615. The molecule has 0 unspecified atom stereocenters. The Labute approximate surface area is 198 Å². The second kappa shape index (κ2) is 11.3. The summed E-state index contributed by atoms with van der Waals surface area (Å²) in [7, 11) is 1.32. The monoisotopic (exact) mass is 457 g/mol. The fourth-order valence-corrected chi connectivity index (χ4v) is 4.69. The van der Waals surface area contributed by atoms with Crippen molar-refractivity contribution in [1.82, 2.24) is 9.80 Å². The van der Waals surface area contributed by atoms with Gasteiger partial charge in [0.1, 0.15) is 0 Å². The van der Waals surface area contributed by atoms with Crippen molar-refractivity contribution in [2.75, 3.05) is 51.8 Å². The van der Waals surface area contributed by atoms with E-state index in [-0.39, 0.29) is 11.9 Å². The molecule has 1 aromatic carbocycles. The van der Waals surface area contributed by atoms with E-state index in [0.29, 0.717) is 24.3 Å². The van der Waals surface area contributed by atoms with E-state index in [1.807, 2.05) is 18.2 Å². The van der Waals surface area contributed by atoms with Gasteiger partial charge in [0.25, 0.3) is 0 Å². The summed E-state index contributed by atoms with van der Waals surface area (Å²) < 4.78 is 11.4. The lowest BCUT2D eigenvalue weighted by atomic mass is 9.72. The van der Waals surface area contributed by atoms with Crippen LogP contribution in [-0.4, -0.2) is 80.3 Å². The molecule has 7 heteroatoms. The van der Waals surface area contributed by atoms with Gasteiger partial charge in [-0.05, 0) is 37.8 Å². The fourth-order valence-electron chi connectivity index (χ4n) is 4.69. The predicted octanol–water partition coefficient (Wildman–Crippen LogP) is 3.18. The zero-order chi connectivity index (χ0) is 24.0. The summed E-state index contributed by atoms with van der Waals surface area (Å²) in [4.78, 5) is 30.7. The van der Waals surface area contributed by atoms with E-state index >= 15 is 0 Å². The number of benzene rings is 1. The van der Waals surface area contributed by atoms with Gasteiger partial charge < -0.3 is 19.7 Å². The van der Waals surface area contributed by atoms with Gasteiger partial charge in [-0.25, -0.2) is 0 Å². The molecule has 0 saturated carbocycles. The Morgan fingerprint density at radius 2 is 1.85 bits per heavy atom. The number of esters is 1. The van der Waals surface area contributed by atoms with Crippen molar-refractivity contribution in [3.05, 3.63) is 42.5 Å². The summed E-state index contributed by atoms with van der Waals surface area (Å²) in [6, 6.07) is 10.2. The molecule has 0 bridgehead atoms. The van der Waals surface area contributed by atoms with Gasteiger partial charge in [-0.15, -0.1) is 0 Å². The maximum absolute atomic E-state index is 13.2. The first-order valence-electron chi connectivity index (χ1n) is 12.0. The number of anilines is 1. The molecule has 7 nitrogen and oxygen atoms in total. The zero-order valence-electron chi connectivity index (χ0n) is 20.5. The molecule has 2 aliphatic rings. The molecule has 2 aliphatic heterocycles. The first-order chi connectivity index (χ1) is 15.8. The average Bonchev–Trinajstić information content (AvgIpc) is 2.82. The van der Waals surface area contributed by atoms with E-state index in [1.165, 1.54) is 7.11 Å². The lowest BCUT2D eigenvalue weighted by Gasteiger charge is -2.43. The molecule has 1 N–H and O–H groups in total. The molecule has 2 saturated heterocycles. The number of nitrogens with one attached hydrogen (secondary N) is 1. The highest BCUT2D eigenvalue weighted by molar-refractivity contribution is 6.13. The number of hydrogen-bond donors (Lipinski definition) is 1. The minimum atomic E-state index is -1.35. The van der Waals surface area contributed by atoms with Gasteiger partial charge in [0.05, 0.1) is 26.0 Å². The molecule has 0 spiro atoms. The summed E-state index contributed by atoms with van der Waals surface area (Å²) in [6.07, 6.45) is 0.443. The lowest BCUT2D eigenvalue weighted by molar-refractivity contribution is -0.177. The van der Waals surface area contributed by atoms with Crippen molar-refractivity contribution < 1.29 is 19.1 Å². The standard InChI is InChI=1S/C26H39N3O4/c1-19(2)17-22-20(3)24(30)26(4,25(31)32-5)23(33-22)11-12-28-13-15-29(16-14-28)18-27-21-9-7-6-8-10-21/h6-10,19,22-23,27H,3,11-18H2,1-2,4-5H3/t22-,23+,26+/m0/s1. The Hall–Kier alpha value is -2.22. The van der Waals surface area contributed by atoms with Crippen molar-refractivity contribution in [2.24, 2.45) is 11.3 Å². The van der Waals surface area contributed by atoms with Gasteiger partial charge in [0.2, 0.25) is 0 Å². The van der Waals surface area contributed by atoms with Gasteiger partial charge in [-0.3, -0.25) is 14.5 Å². The maximum atomic E-state index is 13.2. The number of piperazine rings is 1. The summed E-state index contributed by atoms with van der Waals surface area (Å²) in [5.41, 5.74) is 0.159. The van der Waals surface area contributed by atoms with Crippen LogP contribution in [0.4, 0.5) is 5.69 Å². The van der Waals surface area contributed by atoms with E-state index < -0.39 is 17.5 Å². The highest BCUT2D eigenvalue weighted by Gasteiger charge is 2.55. The number of ether oxygens (including phenoxy) is 2. The van der Waals surface area contributed by atoms with Crippen molar-refractivity contribution in [1.29, 1.82) is 0 Å². The Bertz CT molecular complexity index is 820. The molecular formula is C26H39N3O4. The van der Waals surface area contributed by atoms with Gasteiger partial charge in [-0.2, -0.15) is 0 Å². The minimum absolute atomic E-state index is 0.243. The number of Topliss-reactive ketones (excluding diaryl/α,β-unsaturated/α-hetero) is 1. The number of hydrogen-bond acceptors (Lipinski definition) is 7. The third kappa shape index (κ3) is 6.02. The third-order valence-electron chi connectivity index (χ3n) is 6.87. The molecule has 33 heavy (non-hydrogen) atoms. The maximum Gasteiger partial charge on any atom is 0.322 e. The number of nitrogens with zero attached hydrogens (tertiary/aromatic N) is 2. The van der Waals surface area contributed by atoms with E-state index in [9.17, 15) is 9.59 Å². The van der Waals surface area contributed by atoms with Crippen LogP contribution >= 0.6 is 0 Å². The molecule has 182 valence electrons. The van der Waals surface area contributed by atoms with Crippen LogP contribution in [0.25, 0.3) is 0 Å². The largest absolute Gasteiger partial charge is 0.468 e. The van der Waals surface area contributed by atoms with Crippen LogP contribution in [0.5, 0.6) is 0 Å². The van der Waals surface area contributed by atoms with Crippen molar-refractivity contribution in [3.8, 4) is 0 Å². The van der Waals surface area contributed by atoms with Crippen LogP contribution < -0.4 is 5.32 Å². The normalized spacial score (nSPS) is 27.1. The quantitative estimate of drug-likeness (QED) is 0.347. The van der Waals surface area contributed by atoms with Gasteiger partial charge >= 0.3 is 5.97 Å². The molecule has 0 amide bonds. The second-order valence-corrected chi connectivity index (χ2v) is 9.74. The number of rotatable bonds is 9. The van der Waals surface area contributed by atoms with Crippen LogP contribution in [0.2, 0.25) is 0 Å².